The van der Waals surface area contributed by atoms with Gasteiger partial charge in [-0.05, 0) is 6.07 Å². The van der Waals surface area contributed by atoms with E-state index in [-0.39, 0.29) is 22.4 Å². The average molecular weight is 275 g/mol. The van der Waals surface area contributed by atoms with Crippen LogP contribution in [0.2, 0.25) is 0 Å². The summed E-state index contributed by atoms with van der Waals surface area (Å²) in [6, 6.07) is 6.63. The SMILES string of the molecule is CN(C)c1nc(=O)[nH]c2c1[NH+]([O-])c1ccccc1N2O. The highest BCUT2D eigenvalue weighted by Gasteiger charge is 2.33. The van der Waals surface area contributed by atoms with Gasteiger partial charge in [0, 0.05) is 20.2 Å². The minimum absolute atomic E-state index is 0.0393. The van der Waals surface area contributed by atoms with Gasteiger partial charge >= 0.3 is 5.69 Å². The first-order valence-corrected chi connectivity index (χ1v) is 5.95. The van der Waals surface area contributed by atoms with Crippen molar-refractivity contribution in [2.75, 3.05) is 24.1 Å². The molecule has 1 aromatic heterocycles. The summed E-state index contributed by atoms with van der Waals surface area (Å²) >= 11 is 0. The maximum atomic E-state index is 12.6. The molecular weight excluding hydrogens is 262 g/mol. The molecule has 0 fully saturated rings. The zero-order chi connectivity index (χ0) is 14.4. The second kappa shape index (κ2) is 4.30. The van der Waals surface area contributed by atoms with Crippen LogP contribution in [0, 0.1) is 5.21 Å². The number of aromatic nitrogens is 2. The van der Waals surface area contributed by atoms with Crippen LogP contribution in [0.4, 0.5) is 28.7 Å². The molecule has 0 radical (unpaired) electrons. The van der Waals surface area contributed by atoms with Crippen LogP contribution < -0.4 is 20.7 Å². The summed E-state index contributed by atoms with van der Waals surface area (Å²) in [6.45, 7) is 0. The number of quaternary nitrogens is 1. The van der Waals surface area contributed by atoms with Crippen molar-refractivity contribution in [3.05, 3.63) is 40.0 Å². The fourth-order valence-electron chi connectivity index (χ4n) is 2.25. The highest BCUT2D eigenvalue weighted by molar-refractivity contribution is 5.82. The summed E-state index contributed by atoms with van der Waals surface area (Å²) in [6.07, 6.45) is 0. The second-order valence-electron chi connectivity index (χ2n) is 4.64. The Labute approximate surface area is 114 Å². The van der Waals surface area contributed by atoms with Crippen LogP contribution in [0.5, 0.6) is 0 Å². The summed E-state index contributed by atoms with van der Waals surface area (Å²) in [7, 11) is 3.36. The number of anilines is 3. The summed E-state index contributed by atoms with van der Waals surface area (Å²) in [5.41, 5.74) is 0.241. The van der Waals surface area contributed by atoms with Crippen molar-refractivity contribution in [1.82, 2.24) is 9.97 Å². The Morgan fingerprint density at radius 3 is 2.80 bits per heavy atom. The largest absolute Gasteiger partial charge is 0.623 e. The first-order chi connectivity index (χ1) is 9.50. The predicted molar refractivity (Wildman–Crippen MR) is 73.2 cm³/mol. The fourth-order valence-corrected chi connectivity index (χ4v) is 2.25. The number of para-hydroxylation sites is 2. The van der Waals surface area contributed by atoms with E-state index < -0.39 is 5.69 Å². The van der Waals surface area contributed by atoms with Gasteiger partial charge in [-0.3, -0.25) is 15.3 Å². The van der Waals surface area contributed by atoms with Crippen molar-refractivity contribution in [2.45, 2.75) is 0 Å². The molecule has 104 valence electrons. The molecule has 1 aromatic carbocycles. The number of rotatable bonds is 1. The van der Waals surface area contributed by atoms with E-state index >= 15 is 0 Å². The molecule has 0 bridgehead atoms. The highest BCUT2D eigenvalue weighted by Crippen LogP contribution is 2.38. The molecule has 1 aliphatic heterocycles. The van der Waals surface area contributed by atoms with Gasteiger partial charge in [-0.2, -0.15) is 10.0 Å². The molecule has 8 heteroatoms. The van der Waals surface area contributed by atoms with Crippen molar-refractivity contribution in [3.8, 4) is 0 Å². The third-order valence-electron chi connectivity index (χ3n) is 3.13. The molecule has 3 rings (SSSR count). The summed E-state index contributed by atoms with van der Waals surface area (Å²) < 4.78 is 0. The second-order valence-corrected chi connectivity index (χ2v) is 4.64. The lowest BCUT2D eigenvalue weighted by Crippen LogP contribution is -2.97. The van der Waals surface area contributed by atoms with Gasteiger partial charge in [-0.15, -0.1) is 0 Å². The van der Waals surface area contributed by atoms with E-state index in [1.807, 2.05) is 0 Å². The van der Waals surface area contributed by atoms with Crippen molar-refractivity contribution in [1.29, 1.82) is 0 Å². The van der Waals surface area contributed by atoms with Crippen molar-refractivity contribution < 1.29 is 10.3 Å². The number of benzene rings is 1. The molecule has 1 atom stereocenters. The summed E-state index contributed by atoms with van der Waals surface area (Å²) in [5, 5.41) is 23.3. The van der Waals surface area contributed by atoms with E-state index in [0.717, 1.165) is 5.06 Å². The standard InChI is InChI=1S/C12H13N5O3/c1-15(2)10-9-11(14-12(18)13-10)17(20)8-6-4-3-5-7(8)16(9)19/h3-6,16,20H,1-2H3,(H,13,14,18). The first kappa shape index (κ1) is 12.6. The van der Waals surface area contributed by atoms with Gasteiger partial charge in [0.25, 0.3) is 0 Å². The monoisotopic (exact) mass is 275 g/mol. The number of H-pyrrole nitrogens is 1. The molecular formula is C12H13N5O3. The van der Waals surface area contributed by atoms with Crippen LogP contribution in [0.25, 0.3) is 0 Å². The van der Waals surface area contributed by atoms with E-state index in [4.69, 9.17) is 0 Å². The molecule has 1 aliphatic rings. The maximum absolute atomic E-state index is 12.6. The zero-order valence-corrected chi connectivity index (χ0v) is 10.9. The molecule has 0 spiro atoms. The van der Waals surface area contributed by atoms with Gasteiger partial charge in [0.1, 0.15) is 5.69 Å². The fraction of sp³-hybridized carbons (Fsp3) is 0.167. The first-order valence-electron chi connectivity index (χ1n) is 5.95. The molecule has 0 aliphatic carbocycles. The van der Waals surface area contributed by atoms with E-state index in [1.165, 1.54) is 0 Å². The Bertz CT molecular complexity index is 727. The van der Waals surface area contributed by atoms with Crippen molar-refractivity contribution in [3.63, 3.8) is 0 Å². The van der Waals surface area contributed by atoms with Crippen molar-refractivity contribution >= 4 is 28.7 Å². The van der Waals surface area contributed by atoms with E-state index in [2.05, 4.69) is 9.97 Å². The van der Waals surface area contributed by atoms with Gasteiger partial charge in [0.2, 0.25) is 11.5 Å². The molecule has 8 nitrogen and oxygen atoms in total. The highest BCUT2D eigenvalue weighted by atomic mass is 16.5. The Hall–Kier alpha value is -2.42. The molecule has 2 heterocycles. The Morgan fingerprint density at radius 1 is 1.40 bits per heavy atom. The van der Waals surface area contributed by atoms with Crippen LogP contribution in [-0.2, 0) is 0 Å². The number of fused-ring (bicyclic) bond motifs is 2. The van der Waals surface area contributed by atoms with Crippen LogP contribution in [-0.4, -0.2) is 29.3 Å². The smallest absolute Gasteiger partial charge is 0.348 e. The van der Waals surface area contributed by atoms with Crippen molar-refractivity contribution in [2.24, 2.45) is 0 Å². The van der Waals surface area contributed by atoms with Gasteiger partial charge in [0.15, 0.2) is 11.5 Å². The lowest BCUT2D eigenvalue weighted by Gasteiger charge is -2.34. The van der Waals surface area contributed by atoms with E-state index in [9.17, 15) is 15.2 Å². The topological polar surface area (TPSA) is 100.0 Å². The van der Waals surface area contributed by atoms with Crippen LogP contribution >= 0.6 is 0 Å². The third kappa shape index (κ3) is 1.67. The Balaban J connectivity index is 2.33. The van der Waals surface area contributed by atoms with E-state index in [1.54, 1.807) is 43.3 Å². The lowest BCUT2D eigenvalue weighted by molar-refractivity contribution is -0.698. The predicted octanol–water partition coefficient (Wildman–Crippen LogP) is 0.0225. The quantitative estimate of drug-likeness (QED) is 0.635. The molecule has 0 amide bonds. The minimum atomic E-state index is -0.626. The average Bonchev–Trinajstić information content (AvgIpc) is 2.43. The normalized spacial score (nSPS) is 16.6. The number of nitrogens with zero attached hydrogens (tertiary/aromatic N) is 3. The number of nitrogens with one attached hydrogen (secondary N) is 2. The Kier molecular flexibility index (Phi) is 2.71. The van der Waals surface area contributed by atoms with Gasteiger partial charge in [0.05, 0.1) is 0 Å². The summed E-state index contributed by atoms with van der Waals surface area (Å²) in [4.78, 5) is 19.4. The molecule has 2 aromatic rings. The molecule has 0 saturated carbocycles. The molecule has 1 unspecified atom stereocenters. The molecule has 3 N–H and O–H groups in total. The third-order valence-corrected chi connectivity index (χ3v) is 3.13. The number of aromatic amines is 1. The van der Waals surface area contributed by atoms with Crippen LogP contribution in [0.1, 0.15) is 0 Å². The minimum Gasteiger partial charge on any atom is -0.623 e. The maximum Gasteiger partial charge on any atom is 0.348 e. The van der Waals surface area contributed by atoms with Crippen LogP contribution in [0.3, 0.4) is 0 Å². The molecule has 20 heavy (non-hydrogen) atoms. The molecule has 0 saturated heterocycles. The van der Waals surface area contributed by atoms with Gasteiger partial charge in [-0.1, -0.05) is 12.1 Å². The number of hydrogen-bond donors (Lipinski definition) is 3. The summed E-state index contributed by atoms with van der Waals surface area (Å²) in [5.74, 6) is 0.264. The Morgan fingerprint density at radius 2 is 2.10 bits per heavy atom. The van der Waals surface area contributed by atoms with Gasteiger partial charge in [-0.25, -0.2) is 4.79 Å². The van der Waals surface area contributed by atoms with E-state index in [0.29, 0.717) is 11.4 Å². The lowest BCUT2D eigenvalue weighted by atomic mass is 10.2. The van der Waals surface area contributed by atoms with Gasteiger partial charge < -0.3 is 10.1 Å². The van der Waals surface area contributed by atoms with Crippen LogP contribution in [0.15, 0.2) is 29.1 Å². The zero-order valence-electron chi connectivity index (χ0n) is 10.9. The number of hydrogen-bond acceptors (Lipinski definition) is 6.